The number of hydrogen-bond acceptors (Lipinski definition) is 5. The van der Waals surface area contributed by atoms with Gasteiger partial charge in [-0.25, -0.2) is 9.97 Å². The van der Waals surface area contributed by atoms with E-state index < -0.39 is 17.6 Å². The lowest BCUT2D eigenvalue weighted by Gasteiger charge is -2.16. The van der Waals surface area contributed by atoms with E-state index in [2.05, 4.69) is 37.4 Å². The summed E-state index contributed by atoms with van der Waals surface area (Å²) in [7, 11) is 0. The Labute approximate surface area is 211 Å². The van der Waals surface area contributed by atoms with Crippen LogP contribution in [0.15, 0.2) is 79.5 Å². The van der Waals surface area contributed by atoms with E-state index >= 15 is 0 Å². The molecule has 0 spiro atoms. The first-order valence-electron chi connectivity index (χ1n) is 11.9. The smallest absolute Gasteiger partial charge is 0.377 e. The van der Waals surface area contributed by atoms with Gasteiger partial charge in [0.05, 0.1) is 11.1 Å². The van der Waals surface area contributed by atoms with Crippen LogP contribution in [0.25, 0.3) is 22.0 Å². The molecule has 1 fully saturated rings. The summed E-state index contributed by atoms with van der Waals surface area (Å²) in [6, 6.07) is 12.0. The summed E-state index contributed by atoms with van der Waals surface area (Å²) in [5.41, 5.74) is 3.13. The van der Waals surface area contributed by atoms with Crippen molar-refractivity contribution in [3.8, 4) is 11.1 Å². The van der Waals surface area contributed by atoms with Gasteiger partial charge in [-0.15, -0.1) is 0 Å². The van der Waals surface area contributed by atoms with Crippen molar-refractivity contribution in [2.24, 2.45) is 0 Å². The van der Waals surface area contributed by atoms with E-state index in [9.17, 15) is 18.0 Å². The SMILES string of the molecule is CC=CN1CCC(c2cc(-c3ccc(C(=O)Nc4cccc(C(F)(F)F)c4)nc3)cc3cncnc23)C1. The fourth-order valence-corrected chi connectivity index (χ4v) is 4.66. The van der Waals surface area contributed by atoms with Crippen molar-refractivity contribution in [2.45, 2.75) is 25.4 Å². The van der Waals surface area contributed by atoms with Gasteiger partial charge >= 0.3 is 6.18 Å². The number of hydrogen-bond donors (Lipinski definition) is 1. The first-order valence-corrected chi connectivity index (χ1v) is 11.9. The highest BCUT2D eigenvalue weighted by atomic mass is 19.4. The summed E-state index contributed by atoms with van der Waals surface area (Å²) >= 11 is 0. The Hall–Kier alpha value is -4.27. The van der Waals surface area contributed by atoms with Gasteiger partial charge in [-0.2, -0.15) is 13.2 Å². The van der Waals surface area contributed by atoms with Crippen LogP contribution < -0.4 is 5.32 Å². The number of carbonyl (C=O) groups excluding carboxylic acids is 1. The van der Waals surface area contributed by atoms with Crippen LogP contribution in [0.5, 0.6) is 0 Å². The lowest BCUT2D eigenvalue weighted by atomic mass is 9.92. The molecule has 3 heterocycles. The molecule has 2 aromatic heterocycles. The largest absolute Gasteiger partial charge is 0.416 e. The van der Waals surface area contributed by atoms with Gasteiger partial charge in [-0.1, -0.05) is 18.2 Å². The van der Waals surface area contributed by atoms with Crippen molar-refractivity contribution in [3.05, 3.63) is 96.3 Å². The van der Waals surface area contributed by atoms with Gasteiger partial charge in [0.15, 0.2) is 0 Å². The molecule has 37 heavy (non-hydrogen) atoms. The average Bonchev–Trinajstić information content (AvgIpc) is 3.36. The van der Waals surface area contributed by atoms with E-state index in [0.29, 0.717) is 5.92 Å². The van der Waals surface area contributed by atoms with E-state index in [1.165, 1.54) is 12.1 Å². The van der Waals surface area contributed by atoms with Crippen LogP contribution in [-0.4, -0.2) is 38.8 Å². The molecule has 0 bridgehead atoms. The molecule has 1 saturated heterocycles. The molecular formula is C28H24F3N5O. The summed E-state index contributed by atoms with van der Waals surface area (Å²) in [6.45, 7) is 3.88. The third-order valence-corrected chi connectivity index (χ3v) is 6.43. The van der Waals surface area contributed by atoms with Crippen LogP contribution in [0, 0.1) is 0 Å². The number of aromatic nitrogens is 3. The standard InChI is InChI=1S/C28H24F3N5O/c1-2-9-36-10-8-19(16-36)24-12-20(11-21-14-32-17-34-26(21)24)18-6-7-25(33-15-18)27(37)35-23-5-3-4-22(13-23)28(29,30)31/h2-7,9,11-15,17,19H,8,10,16H2,1H3,(H,35,37). The quantitative estimate of drug-likeness (QED) is 0.347. The average molecular weight is 504 g/mol. The third kappa shape index (κ3) is 5.30. The monoisotopic (exact) mass is 503 g/mol. The van der Waals surface area contributed by atoms with Gasteiger partial charge in [0.1, 0.15) is 12.0 Å². The lowest BCUT2D eigenvalue weighted by Crippen LogP contribution is -2.14. The second-order valence-corrected chi connectivity index (χ2v) is 8.95. The third-order valence-electron chi connectivity index (χ3n) is 6.43. The van der Waals surface area contributed by atoms with Crippen LogP contribution in [0.1, 0.15) is 40.9 Å². The summed E-state index contributed by atoms with van der Waals surface area (Å²) in [6.07, 6.45) is 5.61. The van der Waals surface area contributed by atoms with Crippen LogP contribution >= 0.6 is 0 Å². The zero-order valence-corrected chi connectivity index (χ0v) is 20.0. The van der Waals surface area contributed by atoms with Gasteiger partial charge in [0.25, 0.3) is 5.91 Å². The van der Waals surface area contributed by atoms with Crippen molar-refractivity contribution < 1.29 is 18.0 Å². The topological polar surface area (TPSA) is 71.0 Å². The molecule has 0 aliphatic carbocycles. The van der Waals surface area contributed by atoms with Crippen LogP contribution in [0.3, 0.4) is 0 Å². The van der Waals surface area contributed by atoms with Gasteiger partial charge in [-0.3, -0.25) is 9.78 Å². The minimum Gasteiger partial charge on any atom is -0.377 e. The van der Waals surface area contributed by atoms with E-state index in [1.807, 2.05) is 19.1 Å². The number of nitrogens with zero attached hydrogens (tertiary/aromatic N) is 4. The number of fused-ring (bicyclic) bond motifs is 1. The fourth-order valence-electron chi connectivity index (χ4n) is 4.66. The Kier molecular flexibility index (Phi) is 6.60. The second kappa shape index (κ2) is 10.0. The first-order chi connectivity index (χ1) is 17.8. The minimum atomic E-state index is -4.49. The number of anilines is 1. The summed E-state index contributed by atoms with van der Waals surface area (Å²) in [5, 5.41) is 3.41. The molecule has 4 aromatic rings. The number of amides is 1. The predicted octanol–water partition coefficient (Wildman–Crippen LogP) is 6.29. The van der Waals surface area contributed by atoms with E-state index in [1.54, 1.807) is 30.9 Å². The molecule has 1 amide bonds. The molecular weight excluding hydrogens is 479 g/mol. The van der Waals surface area contributed by atoms with E-state index in [0.717, 1.165) is 59.2 Å². The van der Waals surface area contributed by atoms with E-state index in [4.69, 9.17) is 0 Å². The number of alkyl halides is 3. The Balaban J connectivity index is 1.40. The maximum atomic E-state index is 13.0. The number of carbonyl (C=O) groups is 1. The second-order valence-electron chi connectivity index (χ2n) is 8.95. The molecule has 6 nitrogen and oxygen atoms in total. The molecule has 1 atom stereocenters. The van der Waals surface area contributed by atoms with Crippen LogP contribution in [0.4, 0.5) is 18.9 Å². The number of halogens is 3. The zero-order valence-electron chi connectivity index (χ0n) is 20.0. The van der Waals surface area contributed by atoms with Crippen LogP contribution in [-0.2, 0) is 6.18 Å². The molecule has 5 rings (SSSR count). The number of likely N-dealkylation sites (tertiary alicyclic amines) is 1. The number of allylic oxidation sites excluding steroid dienone is 1. The molecule has 2 aromatic carbocycles. The first kappa shape index (κ1) is 24.4. The van der Waals surface area contributed by atoms with Crippen molar-refractivity contribution in [2.75, 3.05) is 18.4 Å². The highest BCUT2D eigenvalue weighted by Gasteiger charge is 2.30. The molecule has 9 heteroatoms. The van der Waals surface area contributed by atoms with Gasteiger partial charge in [0.2, 0.25) is 0 Å². The van der Waals surface area contributed by atoms with Crippen LogP contribution in [0.2, 0.25) is 0 Å². The van der Waals surface area contributed by atoms with Gasteiger partial charge in [-0.05, 0) is 67.1 Å². The zero-order chi connectivity index (χ0) is 26.0. The summed E-state index contributed by atoms with van der Waals surface area (Å²) < 4.78 is 38.9. The fraction of sp³-hybridized carbons (Fsp3) is 0.214. The Bertz CT molecular complexity index is 1470. The molecule has 188 valence electrons. The van der Waals surface area contributed by atoms with E-state index in [-0.39, 0.29) is 11.4 Å². The van der Waals surface area contributed by atoms with Gasteiger partial charge < -0.3 is 10.2 Å². The van der Waals surface area contributed by atoms with Crippen molar-refractivity contribution in [1.82, 2.24) is 19.9 Å². The minimum absolute atomic E-state index is 0.0494. The normalized spacial score (nSPS) is 16.0. The maximum Gasteiger partial charge on any atom is 0.416 e. The van der Waals surface area contributed by atoms with Crippen molar-refractivity contribution in [1.29, 1.82) is 0 Å². The van der Waals surface area contributed by atoms with Gasteiger partial charge in [0, 0.05) is 48.0 Å². The maximum absolute atomic E-state index is 13.0. The highest BCUT2D eigenvalue weighted by molar-refractivity contribution is 6.03. The molecule has 0 saturated carbocycles. The Morgan fingerprint density at radius 2 is 1.95 bits per heavy atom. The summed E-state index contributed by atoms with van der Waals surface area (Å²) in [4.78, 5) is 27.9. The number of pyridine rings is 1. The Morgan fingerprint density at radius 3 is 2.70 bits per heavy atom. The molecule has 0 radical (unpaired) electrons. The van der Waals surface area contributed by atoms with Crippen molar-refractivity contribution in [3.63, 3.8) is 0 Å². The molecule has 1 aliphatic heterocycles. The number of nitrogens with one attached hydrogen (secondary N) is 1. The predicted molar refractivity (Wildman–Crippen MR) is 136 cm³/mol. The molecule has 1 N–H and O–H groups in total. The lowest BCUT2D eigenvalue weighted by molar-refractivity contribution is -0.137. The molecule has 1 aliphatic rings. The molecule has 1 unspecified atom stereocenters. The highest BCUT2D eigenvalue weighted by Crippen LogP contribution is 2.35. The number of rotatable bonds is 5. The number of benzene rings is 2. The Morgan fingerprint density at radius 1 is 1.08 bits per heavy atom. The van der Waals surface area contributed by atoms with Crippen molar-refractivity contribution >= 4 is 22.5 Å². The summed E-state index contributed by atoms with van der Waals surface area (Å²) in [5.74, 6) is -0.271.